The summed E-state index contributed by atoms with van der Waals surface area (Å²) in [5.41, 5.74) is 1.99. The van der Waals surface area contributed by atoms with Crippen molar-refractivity contribution < 1.29 is 26.0 Å². The van der Waals surface area contributed by atoms with E-state index < -0.39 is 36.2 Å². The predicted molar refractivity (Wildman–Crippen MR) is 151 cm³/mol. The minimum Gasteiger partial charge on any atom is -0.457 e. The molecule has 2 aromatic carbocycles. The van der Waals surface area contributed by atoms with E-state index in [1.54, 1.807) is 42.3 Å². The molecule has 4 amide bonds. The number of thiophene rings is 1. The third-order valence-electron chi connectivity index (χ3n) is 6.57. The number of carbonyl (C=O) groups is 3. The highest BCUT2D eigenvalue weighted by Crippen LogP contribution is 2.46. The third kappa shape index (κ3) is 4.48. The fraction of sp³-hybridized carbons (Fsp3) is 0.172. The van der Waals surface area contributed by atoms with Crippen molar-refractivity contribution in [2.75, 3.05) is 23.3 Å². The first kappa shape index (κ1) is 19.4. The Kier molecular flexibility index (Phi) is 4.91. The molecule has 6 rings (SSSR count). The Balaban J connectivity index is 1.30. The number of benzene rings is 2. The van der Waals surface area contributed by atoms with Crippen LogP contribution in [0.5, 0.6) is 11.5 Å². The van der Waals surface area contributed by atoms with Crippen molar-refractivity contribution in [3.8, 4) is 11.5 Å². The van der Waals surface area contributed by atoms with Crippen LogP contribution in [-0.2, 0) is 4.79 Å². The molecule has 0 spiro atoms. The van der Waals surface area contributed by atoms with E-state index in [4.69, 9.17) is 11.6 Å². The molecule has 1 fully saturated rings. The van der Waals surface area contributed by atoms with Gasteiger partial charge < -0.3 is 20.3 Å². The Morgan fingerprint density at radius 2 is 2.05 bits per heavy atom. The molecule has 0 aliphatic carbocycles. The van der Waals surface area contributed by atoms with Crippen molar-refractivity contribution in [2.24, 2.45) is 0 Å². The summed E-state index contributed by atoms with van der Waals surface area (Å²) in [6.45, 7) is 6.14. The van der Waals surface area contributed by atoms with Crippen molar-refractivity contribution >= 4 is 56.5 Å². The number of urea groups is 1. The van der Waals surface area contributed by atoms with Gasteiger partial charge in [0.2, 0.25) is 5.91 Å². The van der Waals surface area contributed by atoms with Crippen molar-refractivity contribution in [2.45, 2.75) is 19.4 Å². The molecule has 2 aliphatic rings. The number of anilines is 3. The third-order valence-corrected chi connectivity index (χ3v) is 7.66. The number of aromatic nitrogens is 1. The summed E-state index contributed by atoms with van der Waals surface area (Å²) in [7, 11) is 0. The number of nitrogens with zero attached hydrogens (tertiary/aromatic N) is 3. The fourth-order valence-electron chi connectivity index (χ4n) is 4.79. The van der Waals surface area contributed by atoms with Gasteiger partial charge in [-0.1, -0.05) is 24.7 Å². The second-order valence-corrected chi connectivity index (χ2v) is 10.0. The number of ether oxygens (including phenoxy) is 1. The standard InChI is InChI=1S/C29H25N5O4S/c1-3-23(35)33-14-12-18(16-33)31-27(36)26-25-24-22(11-13-30-28(24)39-26)34(29(37)32-25)21-10-9-20(15-17(21)2)38-19-7-5-4-6-8-19/h3-11,13,15,18H,1,12,14,16H2,2H3,(H,31,36)(H,32,37)/t18-/m1/s1/i4D,5D,6D,7D,8D. The van der Waals surface area contributed by atoms with E-state index in [2.05, 4.69) is 22.2 Å². The molecular weight excluding hydrogens is 514 g/mol. The number of carbonyl (C=O) groups excluding carboxylic acids is 3. The Hall–Kier alpha value is -4.70. The average molecular weight is 545 g/mol. The zero-order valence-corrected chi connectivity index (χ0v) is 21.6. The summed E-state index contributed by atoms with van der Waals surface area (Å²) in [5, 5.41) is 6.43. The summed E-state index contributed by atoms with van der Waals surface area (Å²) in [5.74, 6) is -0.645. The monoisotopic (exact) mass is 544 g/mol. The van der Waals surface area contributed by atoms with Gasteiger partial charge in [-0.15, -0.1) is 11.3 Å². The van der Waals surface area contributed by atoms with Crippen molar-refractivity contribution in [1.29, 1.82) is 0 Å². The van der Waals surface area contributed by atoms with E-state index >= 15 is 0 Å². The van der Waals surface area contributed by atoms with Crippen LogP contribution in [0.15, 0.2) is 73.3 Å². The van der Waals surface area contributed by atoms with E-state index in [0.29, 0.717) is 57.2 Å². The molecule has 9 nitrogen and oxygen atoms in total. The smallest absolute Gasteiger partial charge is 0.331 e. The van der Waals surface area contributed by atoms with Crippen LogP contribution < -0.4 is 20.3 Å². The van der Waals surface area contributed by atoms with Crippen LogP contribution >= 0.6 is 11.3 Å². The summed E-state index contributed by atoms with van der Waals surface area (Å²) in [4.78, 5) is 47.2. The van der Waals surface area contributed by atoms with E-state index in [9.17, 15) is 14.4 Å². The zero-order chi connectivity index (χ0) is 31.4. The quantitative estimate of drug-likeness (QED) is 0.308. The number of aryl methyl sites for hydroxylation is 1. The molecule has 4 aromatic rings. The van der Waals surface area contributed by atoms with Gasteiger partial charge in [0.1, 0.15) is 21.2 Å². The summed E-state index contributed by atoms with van der Waals surface area (Å²) in [6, 6.07) is 3.27. The molecule has 39 heavy (non-hydrogen) atoms. The molecule has 0 radical (unpaired) electrons. The number of para-hydroxylation sites is 1. The van der Waals surface area contributed by atoms with Crippen molar-refractivity contribution in [3.05, 3.63) is 83.8 Å². The second-order valence-electron chi connectivity index (χ2n) is 9.03. The first-order chi connectivity index (χ1) is 21.0. The van der Waals surface area contributed by atoms with Gasteiger partial charge in [0.15, 0.2) is 0 Å². The Labute approximate surface area is 235 Å². The highest BCUT2D eigenvalue weighted by molar-refractivity contribution is 7.21. The van der Waals surface area contributed by atoms with Gasteiger partial charge in [-0.05, 0) is 61.3 Å². The van der Waals surface area contributed by atoms with Crippen molar-refractivity contribution in [1.82, 2.24) is 15.2 Å². The van der Waals surface area contributed by atoms with Gasteiger partial charge in [0, 0.05) is 25.3 Å². The molecule has 196 valence electrons. The summed E-state index contributed by atoms with van der Waals surface area (Å²) >= 11 is 1.16. The maximum Gasteiger partial charge on any atom is 0.331 e. The highest BCUT2D eigenvalue weighted by atomic mass is 32.1. The molecular formula is C29H25N5O4S. The maximum atomic E-state index is 13.6. The highest BCUT2D eigenvalue weighted by Gasteiger charge is 2.34. The molecule has 10 heteroatoms. The van der Waals surface area contributed by atoms with Crippen LogP contribution in [0, 0.1) is 6.92 Å². The number of hydrogen-bond acceptors (Lipinski definition) is 6. The van der Waals surface area contributed by atoms with Gasteiger partial charge in [0.05, 0.1) is 29.3 Å². The molecule has 2 aliphatic heterocycles. The van der Waals surface area contributed by atoms with Gasteiger partial charge in [0.25, 0.3) is 5.91 Å². The Morgan fingerprint density at radius 3 is 2.82 bits per heavy atom. The minimum atomic E-state index is -0.516. The fourth-order valence-corrected chi connectivity index (χ4v) is 5.81. The molecule has 2 aromatic heterocycles. The molecule has 1 atom stereocenters. The normalized spacial score (nSPS) is 18.0. The van der Waals surface area contributed by atoms with Crippen LogP contribution in [0.3, 0.4) is 0 Å². The Bertz CT molecular complexity index is 1890. The summed E-state index contributed by atoms with van der Waals surface area (Å²) in [6.07, 6.45) is 3.41. The number of likely N-dealkylation sites (tertiary alicyclic amines) is 1. The number of nitrogens with one attached hydrogen (secondary N) is 2. The van der Waals surface area contributed by atoms with Crippen LogP contribution in [0.1, 0.15) is 28.5 Å². The topological polar surface area (TPSA) is 104 Å². The lowest BCUT2D eigenvalue weighted by molar-refractivity contribution is -0.125. The van der Waals surface area contributed by atoms with E-state index in [0.717, 1.165) is 11.3 Å². The van der Waals surface area contributed by atoms with Crippen LogP contribution in [0.25, 0.3) is 10.2 Å². The SMILES string of the molecule is [2H]c1c([2H])c([2H])c(Oc2ccc(N3C(=O)Nc4c(C(=O)N[C@@H]5CCN(C(=O)C=C)C5)sc5nccc3c45)c(C)c2)c([2H])c1[2H]. The second kappa shape index (κ2) is 9.88. The van der Waals surface area contributed by atoms with Crippen LogP contribution in [-0.4, -0.2) is 46.9 Å². The number of amides is 4. The minimum absolute atomic E-state index is 0.191. The molecule has 2 N–H and O–H groups in total. The summed E-state index contributed by atoms with van der Waals surface area (Å²) < 4.78 is 45.5. The first-order valence-electron chi connectivity index (χ1n) is 14.6. The van der Waals surface area contributed by atoms with Gasteiger partial charge in [-0.2, -0.15) is 0 Å². The van der Waals surface area contributed by atoms with Crippen molar-refractivity contribution in [3.63, 3.8) is 0 Å². The lowest BCUT2D eigenvalue weighted by atomic mass is 10.1. The molecule has 4 heterocycles. The van der Waals surface area contributed by atoms with Gasteiger partial charge >= 0.3 is 6.03 Å². The largest absolute Gasteiger partial charge is 0.457 e. The number of pyridine rings is 1. The molecule has 0 unspecified atom stereocenters. The molecule has 0 saturated carbocycles. The van der Waals surface area contributed by atoms with Gasteiger partial charge in [-0.3, -0.25) is 14.5 Å². The van der Waals surface area contributed by atoms with E-state index in [-0.39, 0.29) is 29.4 Å². The number of rotatable bonds is 6. The van der Waals surface area contributed by atoms with Gasteiger partial charge in [-0.25, -0.2) is 9.78 Å². The van der Waals surface area contributed by atoms with E-state index in [1.807, 2.05) is 0 Å². The van der Waals surface area contributed by atoms with Crippen LogP contribution in [0.2, 0.25) is 0 Å². The zero-order valence-electron chi connectivity index (χ0n) is 25.8. The maximum absolute atomic E-state index is 13.6. The molecule has 0 bridgehead atoms. The average Bonchev–Trinajstić information content (AvgIpc) is 3.63. The van der Waals surface area contributed by atoms with Crippen LogP contribution in [0.4, 0.5) is 21.9 Å². The van der Waals surface area contributed by atoms with E-state index in [1.165, 1.54) is 11.0 Å². The Morgan fingerprint density at radius 1 is 1.23 bits per heavy atom. The predicted octanol–water partition coefficient (Wildman–Crippen LogP) is 5.60. The number of hydrogen-bond donors (Lipinski definition) is 2. The lowest BCUT2D eigenvalue weighted by Crippen LogP contribution is -2.39. The molecule has 1 saturated heterocycles. The first-order valence-corrected chi connectivity index (χ1v) is 12.9. The lowest BCUT2D eigenvalue weighted by Gasteiger charge is -2.29.